The highest BCUT2D eigenvalue weighted by Crippen LogP contribution is 2.19. The molecular formula is C15H11ClF3NO. The van der Waals surface area contributed by atoms with E-state index in [0.29, 0.717) is 12.1 Å². The monoisotopic (exact) mass is 313 g/mol. The Morgan fingerprint density at radius 2 is 1.67 bits per heavy atom. The summed E-state index contributed by atoms with van der Waals surface area (Å²) in [6.45, 7) is -0.0132. The number of hydrogen-bond donors (Lipinski definition) is 1. The molecule has 2 rings (SSSR count). The van der Waals surface area contributed by atoms with Gasteiger partial charge in [-0.1, -0.05) is 30.3 Å². The molecule has 0 saturated carbocycles. The number of hydrogen-bond acceptors (Lipinski definition) is 1. The predicted molar refractivity (Wildman–Crippen MR) is 73.7 cm³/mol. The van der Waals surface area contributed by atoms with Crippen LogP contribution >= 0.6 is 11.6 Å². The topological polar surface area (TPSA) is 29.1 Å². The molecule has 0 radical (unpaired) electrons. The van der Waals surface area contributed by atoms with Gasteiger partial charge in [-0.05, 0) is 5.56 Å². The van der Waals surface area contributed by atoms with Crippen molar-refractivity contribution in [1.29, 1.82) is 0 Å². The zero-order valence-corrected chi connectivity index (χ0v) is 11.5. The van der Waals surface area contributed by atoms with Crippen LogP contribution in [-0.2, 0) is 0 Å². The summed E-state index contributed by atoms with van der Waals surface area (Å²) in [6, 6.07) is 9.82. The van der Waals surface area contributed by atoms with Gasteiger partial charge in [0.05, 0.1) is 5.38 Å². The Bertz CT molecular complexity index is 626. The lowest BCUT2D eigenvalue weighted by molar-refractivity contribution is 0.0945. The van der Waals surface area contributed by atoms with E-state index < -0.39 is 34.3 Å². The lowest BCUT2D eigenvalue weighted by atomic mass is 10.1. The highest BCUT2D eigenvalue weighted by molar-refractivity contribution is 6.21. The van der Waals surface area contributed by atoms with Crippen molar-refractivity contribution in [3.8, 4) is 0 Å². The molecule has 1 atom stereocenters. The average Bonchev–Trinajstić information content (AvgIpc) is 2.44. The maximum atomic E-state index is 13.4. The van der Waals surface area contributed by atoms with E-state index >= 15 is 0 Å². The summed E-state index contributed by atoms with van der Waals surface area (Å²) in [5, 5.41) is 1.78. The average molecular weight is 314 g/mol. The van der Waals surface area contributed by atoms with Crippen molar-refractivity contribution in [2.45, 2.75) is 5.38 Å². The third kappa shape index (κ3) is 3.76. The Morgan fingerprint density at radius 3 is 2.24 bits per heavy atom. The van der Waals surface area contributed by atoms with Crippen molar-refractivity contribution >= 4 is 17.5 Å². The first-order valence-corrected chi connectivity index (χ1v) is 6.54. The predicted octanol–water partition coefficient (Wildman–Crippen LogP) is 3.81. The summed E-state index contributed by atoms with van der Waals surface area (Å²) in [7, 11) is 0. The number of alkyl halides is 1. The fourth-order valence-electron chi connectivity index (χ4n) is 1.81. The van der Waals surface area contributed by atoms with Crippen molar-refractivity contribution in [3.05, 3.63) is 71.0 Å². The van der Waals surface area contributed by atoms with Crippen LogP contribution in [0.3, 0.4) is 0 Å². The van der Waals surface area contributed by atoms with Crippen LogP contribution in [0.4, 0.5) is 13.2 Å². The van der Waals surface area contributed by atoms with Gasteiger partial charge in [-0.15, -0.1) is 11.6 Å². The summed E-state index contributed by atoms with van der Waals surface area (Å²) in [5.74, 6) is -4.57. The van der Waals surface area contributed by atoms with Gasteiger partial charge in [-0.25, -0.2) is 13.2 Å². The molecule has 0 saturated heterocycles. The van der Waals surface area contributed by atoms with Gasteiger partial charge in [0.1, 0.15) is 23.0 Å². The first-order chi connectivity index (χ1) is 9.99. The van der Waals surface area contributed by atoms with E-state index in [1.54, 1.807) is 24.3 Å². The van der Waals surface area contributed by atoms with Crippen molar-refractivity contribution in [1.82, 2.24) is 5.32 Å². The molecule has 1 N–H and O–H groups in total. The van der Waals surface area contributed by atoms with Crippen molar-refractivity contribution < 1.29 is 18.0 Å². The molecule has 0 aliphatic rings. The van der Waals surface area contributed by atoms with Gasteiger partial charge in [0.2, 0.25) is 0 Å². The molecule has 1 amide bonds. The molecule has 0 aliphatic carbocycles. The number of halogens is 4. The van der Waals surface area contributed by atoms with E-state index in [0.717, 1.165) is 5.56 Å². The Balaban J connectivity index is 2.06. The van der Waals surface area contributed by atoms with Crippen LogP contribution in [0.25, 0.3) is 0 Å². The van der Waals surface area contributed by atoms with Gasteiger partial charge in [-0.3, -0.25) is 4.79 Å². The SMILES string of the molecule is O=C(NCC(Cl)c1ccccc1)c1c(F)cc(F)cc1F. The minimum Gasteiger partial charge on any atom is -0.350 e. The van der Waals surface area contributed by atoms with E-state index in [1.165, 1.54) is 0 Å². The van der Waals surface area contributed by atoms with Gasteiger partial charge < -0.3 is 5.32 Å². The summed E-state index contributed by atoms with van der Waals surface area (Å²) in [6.07, 6.45) is 0. The molecule has 110 valence electrons. The molecule has 0 bridgehead atoms. The Morgan fingerprint density at radius 1 is 1.10 bits per heavy atom. The van der Waals surface area contributed by atoms with Crippen LogP contribution in [0.5, 0.6) is 0 Å². The summed E-state index contributed by atoms with van der Waals surface area (Å²) < 4.78 is 39.6. The molecule has 21 heavy (non-hydrogen) atoms. The third-order valence-corrected chi connectivity index (χ3v) is 3.24. The molecule has 2 aromatic carbocycles. The second-order valence-corrected chi connectivity index (χ2v) is 4.86. The van der Waals surface area contributed by atoms with Crippen LogP contribution in [0.2, 0.25) is 0 Å². The number of benzene rings is 2. The van der Waals surface area contributed by atoms with Crippen LogP contribution in [-0.4, -0.2) is 12.5 Å². The highest BCUT2D eigenvalue weighted by Gasteiger charge is 2.19. The lowest BCUT2D eigenvalue weighted by Crippen LogP contribution is -2.28. The molecule has 2 nitrogen and oxygen atoms in total. The first kappa shape index (κ1) is 15.4. The van der Waals surface area contributed by atoms with Crippen LogP contribution < -0.4 is 5.32 Å². The van der Waals surface area contributed by atoms with E-state index in [2.05, 4.69) is 5.32 Å². The molecule has 0 aromatic heterocycles. The van der Waals surface area contributed by atoms with Gasteiger partial charge in [0.15, 0.2) is 0 Å². The van der Waals surface area contributed by atoms with Crippen LogP contribution in [0.1, 0.15) is 21.3 Å². The molecule has 1 unspecified atom stereocenters. The minimum absolute atomic E-state index is 0.0132. The Kier molecular flexibility index (Phi) is 4.85. The molecule has 6 heteroatoms. The highest BCUT2D eigenvalue weighted by atomic mass is 35.5. The van der Waals surface area contributed by atoms with Gasteiger partial charge in [0.25, 0.3) is 5.91 Å². The van der Waals surface area contributed by atoms with Crippen molar-refractivity contribution in [2.24, 2.45) is 0 Å². The maximum absolute atomic E-state index is 13.4. The fourth-order valence-corrected chi connectivity index (χ4v) is 2.03. The number of amides is 1. The zero-order valence-electron chi connectivity index (χ0n) is 10.7. The van der Waals surface area contributed by atoms with Crippen LogP contribution in [0, 0.1) is 17.5 Å². The molecule has 0 fully saturated rings. The maximum Gasteiger partial charge on any atom is 0.257 e. The molecular weight excluding hydrogens is 303 g/mol. The van der Waals surface area contributed by atoms with Gasteiger partial charge in [-0.2, -0.15) is 0 Å². The molecule has 0 spiro atoms. The quantitative estimate of drug-likeness (QED) is 0.854. The molecule has 0 aliphatic heterocycles. The largest absolute Gasteiger partial charge is 0.350 e. The smallest absolute Gasteiger partial charge is 0.257 e. The third-order valence-electron chi connectivity index (χ3n) is 2.84. The van der Waals surface area contributed by atoms with Gasteiger partial charge in [0, 0.05) is 18.7 Å². The normalized spacial score (nSPS) is 12.0. The van der Waals surface area contributed by atoms with Gasteiger partial charge >= 0.3 is 0 Å². The van der Waals surface area contributed by atoms with E-state index in [1.807, 2.05) is 6.07 Å². The van der Waals surface area contributed by atoms with E-state index in [4.69, 9.17) is 11.6 Å². The number of carbonyl (C=O) groups excluding carboxylic acids is 1. The van der Waals surface area contributed by atoms with E-state index in [-0.39, 0.29) is 6.54 Å². The number of carbonyl (C=O) groups is 1. The second-order valence-electron chi connectivity index (χ2n) is 4.33. The Labute approximate surface area is 124 Å². The molecule has 0 heterocycles. The Hall–Kier alpha value is -2.01. The number of nitrogens with one attached hydrogen (secondary N) is 1. The second kappa shape index (κ2) is 6.63. The van der Waals surface area contributed by atoms with E-state index in [9.17, 15) is 18.0 Å². The first-order valence-electron chi connectivity index (χ1n) is 6.11. The minimum atomic E-state index is -1.25. The van der Waals surface area contributed by atoms with Crippen molar-refractivity contribution in [3.63, 3.8) is 0 Å². The summed E-state index contributed by atoms with van der Waals surface area (Å²) in [5.41, 5.74) is -0.0622. The van der Waals surface area contributed by atoms with Crippen molar-refractivity contribution in [2.75, 3.05) is 6.54 Å². The summed E-state index contributed by atoms with van der Waals surface area (Å²) >= 11 is 6.08. The van der Waals surface area contributed by atoms with Crippen LogP contribution in [0.15, 0.2) is 42.5 Å². The molecule has 2 aromatic rings. The fraction of sp³-hybridized carbons (Fsp3) is 0.133. The number of rotatable bonds is 4. The lowest BCUT2D eigenvalue weighted by Gasteiger charge is -2.12. The standard InChI is InChI=1S/C15H11ClF3NO/c16-11(9-4-2-1-3-5-9)8-20-15(21)14-12(18)6-10(17)7-13(14)19/h1-7,11H,8H2,(H,20,21). The zero-order chi connectivity index (χ0) is 15.4. The summed E-state index contributed by atoms with van der Waals surface area (Å²) in [4.78, 5) is 11.8.